The van der Waals surface area contributed by atoms with E-state index < -0.39 is 17.7 Å². The minimum atomic E-state index is -4.55. The van der Waals surface area contributed by atoms with E-state index in [2.05, 4.69) is 9.97 Å². The van der Waals surface area contributed by atoms with E-state index in [1.165, 1.54) is 17.4 Å². The third kappa shape index (κ3) is 3.54. The predicted octanol–water partition coefficient (Wildman–Crippen LogP) is 4.24. The fraction of sp³-hybridized carbons (Fsp3) is 0.316. The number of hydrogen-bond acceptors (Lipinski definition) is 5. The Hall–Kier alpha value is -2.68. The van der Waals surface area contributed by atoms with Crippen LogP contribution in [0.1, 0.15) is 45.0 Å². The van der Waals surface area contributed by atoms with Crippen LogP contribution in [0.15, 0.2) is 29.1 Å². The molecule has 5 nitrogen and oxygen atoms in total. The number of aromatic nitrogens is 2. The van der Waals surface area contributed by atoms with E-state index in [9.17, 15) is 22.8 Å². The van der Waals surface area contributed by atoms with Crippen molar-refractivity contribution in [2.45, 2.75) is 38.5 Å². The minimum absolute atomic E-state index is 0.163. The number of H-pyrrole nitrogens is 1. The van der Waals surface area contributed by atoms with Gasteiger partial charge in [-0.05, 0) is 49.4 Å². The Morgan fingerprint density at radius 1 is 1.25 bits per heavy atom. The van der Waals surface area contributed by atoms with Gasteiger partial charge in [-0.15, -0.1) is 11.3 Å². The summed E-state index contributed by atoms with van der Waals surface area (Å²) < 4.78 is 43.4. The lowest BCUT2D eigenvalue weighted by Gasteiger charge is -2.10. The Balaban J connectivity index is 1.54. The topological polar surface area (TPSA) is 72.0 Å². The second-order valence-electron chi connectivity index (χ2n) is 6.56. The van der Waals surface area contributed by atoms with Crippen LogP contribution in [0.2, 0.25) is 0 Å². The Labute approximate surface area is 161 Å². The Bertz CT molecular complexity index is 1120. The summed E-state index contributed by atoms with van der Waals surface area (Å²) in [6.45, 7) is -0.331. The molecule has 2 aromatic heterocycles. The molecule has 0 amide bonds. The summed E-state index contributed by atoms with van der Waals surface area (Å²) in [5.41, 5.74) is -0.383. The molecule has 1 aliphatic carbocycles. The van der Waals surface area contributed by atoms with Crippen molar-refractivity contribution in [3.8, 4) is 0 Å². The van der Waals surface area contributed by atoms with Gasteiger partial charge in [-0.25, -0.2) is 9.78 Å². The molecule has 3 aromatic rings. The molecular formula is C19H15F3N2O3S. The van der Waals surface area contributed by atoms with Gasteiger partial charge in [0, 0.05) is 4.88 Å². The summed E-state index contributed by atoms with van der Waals surface area (Å²) in [5, 5.41) is 0.590. The van der Waals surface area contributed by atoms with E-state index in [0.717, 1.165) is 54.3 Å². The summed E-state index contributed by atoms with van der Waals surface area (Å²) >= 11 is 1.47. The molecule has 1 aromatic carbocycles. The van der Waals surface area contributed by atoms with Gasteiger partial charge < -0.3 is 9.72 Å². The first-order chi connectivity index (χ1) is 13.3. The van der Waals surface area contributed by atoms with Gasteiger partial charge in [-0.2, -0.15) is 13.2 Å². The van der Waals surface area contributed by atoms with Crippen LogP contribution in [0.3, 0.4) is 0 Å². The summed E-state index contributed by atoms with van der Waals surface area (Å²) in [6, 6.07) is 3.99. The molecule has 9 heteroatoms. The fourth-order valence-corrected chi connectivity index (χ4v) is 4.60. The number of halogens is 3. The number of ether oxygens (including phenoxy) is 1. The number of hydrogen-bond donors (Lipinski definition) is 1. The maximum absolute atomic E-state index is 12.8. The van der Waals surface area contributed by atoms with Crippen LogP contribution in [0.4, 0.5) is 13.2 Å². The molecule has 2 heterocycles. The van der Waals surface area contributed by atoms with Crippen LogP contribution < -0.4 is 5.56 Å². The molecule has 0 aliphatic heterocycles. The molecular weight excluding hydrogens is 393 g/mol. The van der Waals surface area contributed by atoms with E-state index in [-0.39, 0.29) is 23.6 Å². The first-order valence-corrected chi connectivity index (χ1v) is 9.52. The highest BCUT2D eigenvalue weighted by Gasteiger charge is 2.31. The molecule has 28 heavy (non-hydrogen) atoms. The molecule has 4 rings (SSSR count). The number of thiophene rings is 1. The lowest BCUT2D eigenvalue weighted by atomic mass is 9.97. The summed E-state index contributed by atoms with van der Waals surface area (Å²) in [6.07, 6.45) is -0.653. The lowest BCUT2D eigenvalue weighted by Crippen LogP contribution is -2.15. The highest BCUT2D eigenvalue weighted by molar-refractivity contribution is 7.18. The van der Waals surface area contributed by atoms with Crippen LogP contribution in [-0.4, -0.2) is 15.9 Å². The van der Waals surface area contributed by atoms with Crippen molar-refractivity contribution >= 4 is 27.5 Å². The van der Waals surface area contributed by atoms with E-state index in [0.29, 0.717) is 10.2 Å². The van der Waals surface area contributed by atoms with E-state index in [1.807, 2.05) is 0 Å². The first-order valence-electron chi connectivity index (χ1n) is 8.71. The van der Waals surface area contributed by atoms with Crippen molar-refractivity contribution in [3.63, 3.8) is 0 Å². The van der Waals surface area contributed by atoms with E-state index in [4.69, 9.17) is 4.74 Å². The third-order valence-corrected chi connectivity index (χ3v) is 5.83. The molecule has 0 radical (unpaired) electrons. The number of rotatable bonds is 3. The Morgan fingerprint density at radius 3 is 2.82 bits per heavy atom. The van der Waals surface area contributed by atoms with Gasteiger partial charge in [0.05, 0.1) is 16.5 Å². The van der Waals surface area contributed by atoms with Gasteiger partial charge in [-0.1, -0.05) is 6.07 Å². The van der Waals surface area contributed by atoms with Crippen molar-refractivity contribution < 1.29 is 22.7 Å². The highest BCUT2D eigenvalue weighted by Crippen LogP contribution is 2.33. The average molecular weight is 408 g/mol. The molecule has 0 bridgehead atoms. The summed E-state index contributed by atoms with van der Waals surface area (Å²) in [4.78, 5) is 33.3. The number of aromatic amines is 1. The van der Waals surface area contributed by atoms with Crippen LogP contribution >= 0.6 is 11.3 Å². The third-order valence-electron chi connectivity index (χ3n) is 4.64. The number of carbonyl (C=O) groups is 1. The molecule has 1 aliphatic rings. The number of aryl methyl sites for hydroxylation is 2. The zero-order valence-corrected chi connectivity index (χ0v) is 15.4. The number of fused-ring (bicyclic) bond motifs is 3. The van der Waals surface area contributed by atoms with Gasteiger partial charge in [-0.3, -0.25) is 4.79 Å². The van der Waals surface area contributed by atoms with Gasteiger partial charge >= 0.3 is 12.1 Å². The number of carbonyl (C=O) groups excluding carboxylic acids is 1. The second-order valence-corrected chi connectivity index (χ2v) is 7.64. The number of esters is 1. The molecule has 0 unspecified atom stereocenters. The smallest absolute Gasteiger partial charge is 0.416 e. The molecule has 0 spiro atoms. The largest absolute Gasteiger partial charge is 0.454 e. The Kier molecular flexibility index (Phi) is 4.70. The molecule has 0 fully saturated rings. The lowest BCUT2D eigenvalue weighted by molar-refractivity contribution is -0.137. The summed E-state index contributed by atoms with van der Waals surface area (Å²) in [7, 11) is 0. The molecule has 0 saturated heterocycles. The van der Waals surface area contributed by atoms with Crippen molar-refractivity contribution in [1.82, 2.24) is 9.97 Å². The monoisotopic (exact) mass is 408 g/mol. The highest BCUT2D eigenvalue weighted by atomic mass is 32.1. The summed E-state index contributed by atoms with van der Waals surface area (Å²) in [5.74, 6) is -0.754. The van der Waals surface area contributed by atoms with Crippen LogP contribution in [0.5, 0.6) is 0 Å². The number of alkyl halides is 3. The van der Waals surface area contributed by atoms with Crippen LogP contribution in [0.25, 0.3) is 10.2 Å². The van der Waals surface area contributed by atoms with Gasteiger partial charge in [0.1, 0.15) is 17.3 Å². The molecule has 0 saturated carbocycles. The fourth-order valence-electron chi connectivity index (χ4n) is 3.32. The second kappa shape index (κ2) is 7.05. The quantitative estimate of drug-likeness (QED) is 0.658. The van der Waals surface area contributed by atoms with Crippen molar-refractivity contribution in [3.05, 3.63) is 62.0 Å². The van der Waals surface area contributed by atoms with Gasteiger partial charge in [0.15, 0.2) is 0 Å². The number of nitrogens with one attached hydrogen (secondary N) is 1. The van der Waals surface area contributed by atoms with E-state index in [1.54, 1.807) is 0 Å². The standard InChI is InChI=1S/C19H15F3N2O3S/c20-19(21,22)11-5-3-4-10(8-11)18(26)27-9-14-23-16(25)15-12-6-1-2-7-13(12)28-17(15)24-14/h3-5,8H,1-2,6-7,9H2,(H,23,24,25). The first kappa shape index (κ1) is 18.7. The van der Waals surface area contributed by atoms with Crippen LogP contribution in [-0.2, 0) is 30.4 Å². The van der Waals surface area contributed by atoms with Crippen molar-refractivity contribution in [2.24, 2.45) is 0 Å². The zero-order chi connectivity index (χ0) is 19.9. The van der Waals surface area contributed by atoms with E-state index >= 15 is 0 Å². The SMILES string of the molecule is O=C(OCc1nc2sc3c(c2c(=O)[nH]1)CCCC3)c1cccc(C(F)(F)F)c1. The average Bonchev–Trinajstić information content (AvgIpc) is 3.04. The maximum atomic E-state index is 12.8. The maximum Gasteiger partial charge on any atom is 0.416 e. The molecule has 0 atom stereocenters. The molecule has 146 valence electrons. The van der Waals surface area contributed by atoms with Crippen molar-refractivity contribution in [2.75, 3.05) is 0 Å². The normalized spacial score (nSPS) is 14.1. The predicted molar refractivity (Wildman–Crippen MR) is 97.4 cm³/mol. The minimum Gasteiger partial charge on any atom is -0.454 e. The number of nitrogens with zero attached hydrogens (tertiary/aromatic N) is 1. The molecule has 1 N–H and O–H groups in total. The van der Waals surface area contributed by atoms with Gasteiger partial charge in [0.25, 0.3) is 5.56 Å². The van der Waals surface area contributed by atoms with Crippen LogP contribution in [0, 0.1) is 0 Å². The zero-order valence-electron chi connectivity index (χ0n) is 14.6. The Morgan fingerprint density at radius 2 is 2.04 bits per heavy atom. The number of benzene rings is 1. The van der Waals surface area contributed by atoms with Gasteiger partial charge in [0.2, 0.25) is 0 Å². The van der Waals surface area contributed by atoms with Crippen molar-refractivity contribution in [1.29, 1.82) is 0 Å².